The Kier molecular flexibility index (Phi) is 8.03. The van der Waals surface area contributed by atoms with Gasteiger partial charge in [-0.3, -0.25) is 10.1 Å². The molecule has 1 atom stereocenters. The number of nitrogens with one attached hydrogen (secondary N) is 4. The molecule has 2 aromatic heterocycles. The van der Waals surface area contributed by atoms with Crippen LogP contribution in [0, 0.1) is 0 Å². The van der Waals surface area contributed by atoms with Crippen LogP contribution in [-0.4, -0.2) is 27.4 Å². The summed E-state index contributed by atoms with van der Waals surface area (Å²) >= 11 is 0. The first kappa shape index (κ1) is 28.0. The molecule has 6 rings (SSSR count). The van der Waals surface area contributed by atoms with Crippen LogP contribution >= 0.6 is 0 Å². The van der Waals surface area contributed by atoms with Crippen LogP contribution in [0.4, 0.5) is 30.5 Å². The van der Waals surface area contributed by atoms with Crippen molar-refractivity contribution in [2.24, 2.45) is 0 Å². The summed E-state index contributed by atoms with van der Waals surface area (Å²) < 4.78 is 41.4. The number of anilines is 3. The third-order valence-corrected chi connectivity index (χ3v) is 8.33. The van der Waals surface area contributed by atoms with Gasteiger partial charge in [-0.15, -0.1) is 5.53 Å². The standard InChI is InChI=1S/C31H35F3N8/c32-31(33,34)24-8-4-5-20(15-24)18-42-19-23(17-37-42)26(27-16-28(35)38-30-29(27)39-41-40-30)13-14-36-25-11-9-22(10-12-25)21-6-2-1-3-7-21/h1-8,15-17,19,22,25-26,36,39,41H,9-14,18H2,(H3,35,38,40)/t22-,25-,26?. The molecule has 1 aliphatic carbocycles. The molecule has 4 aromatic rings. The molecule has 1 unspecified atom stereocenters. The van der Waals surface area contributed by atoms with Crippen LogP contribution in [0.25, 0.3) is 0 Å². The molecule has 0 saturated heterocycles. The van der Waals surface area contributed by atoms with E-state index in [2.05, 4.69) is 62.1 Å². The highest BCUT2D eigenvalue weighted by molar-refractivity contribution is 5.75. The quantitative estimate of drug-likeness (QED) is 0.166. The summed E-state index contributed by atoms with van der Waals surface area (Å²) in [7, 11) is 0. The number of nitrogens with zero attached hydrogens (tertiary/aromatic N) is 3. The zero-order valence-corrected chi connectivity index (χ0v) is 23.2. The molecule has 220 valence electrons. The number of hydrogen-bond donors (Lipinski definition) is 5. The summed E-state index contributed by atoms with van der Waals surface area (Å²) in [6.45, 7) is 1.03. The smallest absolute Gasteiger partial charge is 0.384 e. The fourth-order valence-electron chi connectivity index (χ4n) is 6.20. The minimum absolute atomic E-state index is 0.0679. The van der Waals surface area contributed by atoms with Gasteiger partial charge in [0.05, 0.1) is 24.0 Å². The van der Waals surface area contributed by atoms with E-state index in [1.165, 1.54) is 30.5 Å². The lowest BCUT2D eigenvalue weighted by molar-refractivity contribution is -0.137. The number of hydrazine groups is 2. The number of fused-ring (bicyclic) bond motifs is 1. The molecule has 2 aromatic carbocycles. The van der Waals surface area contributed by atoms with Crippen molar-refractivity contribution in [1.29, 1.82) is 0 Å². The second kappa shape index (κ2) is 12.0. The van der Waals surface area contributed by atoms with E-state index in [1.807, 2.05) is 12.3 Å². The Morgan fingerprint density at radius 1 is 1.00 bits per heavy atom. The van der Waals surface area contributed by atoms with Crippen LogP contribution < -0.4 is 27.4 Å². The van der Waals surface area contributed by atoms with E-state index in [4.69, 9.17) is 5.73 Å². The third kappa shape index (κ3) is 6.37. The number of alkyl halides is 3. The van der Waals surface area contributed by atoms with Gasteiger partial charge >= 0.3 is 6.18 Å². The first-order chi connectivity index (χ1) is 20.3. The average molecular weight is 577 g/mol. The van der Waals surface area contributed by atoms with Crippen LogP contribution in [0.2, 0.25) is 0 Å². The van der Waals surface area contributed by atoms with Crippen LogP contribution in [-0.2, 0) is 12.7 Å². The molecule has 1 saturated carbocycles. The first-order valence-electron chi connectivity index (χ1n) is 14.4. The monoisotopic (exact) mass is 576 g/mol. The molecule has 0 bridgehead atoms. The predicted molar refractivity (Wildman–Crippen MR) is 158 cm³/mol. The minimum atomic E-state index is -4.39. The van der Waals surface area contributed by atoms with Crippen molar-refractivity contribution < 1.29 is 13.2 Å². The topological polar surface area (TPSA) is 105 Å². The molecule has 0 spiro atoms. The van der Waals surface area contributed by atoms with Gasteiger partial charge in [-0.05, 0) is 85.0 Å². The normalized spacial score (nSPS) is 19.1. The van der Waals surface area contributed by atoms with Gasteiger partial charge in [-0.1, -0.05) is 42.5 Å². The van der Waals surface area contributed by atoms with Crippen molar-refractivity contribution in [3.8, 4) is 0 Å². The number of hydrogen-bond acceptors (Lipinski definition) is 7. The van der Waals surface area contributed by atoms with E-state index in [-0.39, 0.29) is 12.5 Å². The fourth-order valence-corrected chi connectivity index (χ4v) is 6.20. The summed E-state index contributed by atoms with van der Waals surface area (Å²) in [4.78, 5) is 4.38. The summed E-state index contributed by atoms with van der Waals surface area (Å²) in [5.74, 6) is 1.57. The molecular formula is C31H35F3N8. The minimum Gasteiger partial charge on any atom is -0.384 e. The first-order valence-corrected chi connectivity index (χ1v) is 14.4. The predicted octanol–water partition coefficient (Wildman–Crippen LogP) is 6.02. The SMILES string of the molecule is Nc1cc(C(CCN[C@H]2CC[C@H](c3ccccc3)CC2)c2cnn(Cc3cccc(C(F)(F)F)c3)c2)c2c(n1)NNN2. The van der Waals surface area contributed by atoms with Gasteiger partial charge in [0, 0.05) is 18.2 Å². The lowest BCUT2D eigenvalue weighted by atomic mass is 9.81. The van der Waals surface area contributed by atoms with Crippen LogP contribution in [0.3, 0.4) is 0 Å². The van der Waals surface area contributed by atoms with E-state index >= 15 is 0 Å². The van der Waals surface area contributed by atoms with E-state index < -0.39 is 11.7 Å². The Labute approximate surface area is 242 Å². The summed E-state index contributed by atoms with van der Waals surface area (Å²) in [6.07, 6.45) is 4.70. The number of aromatic nitrogens is 3. The van der Waals surface area contributed by atoms with Crippen LogP contribution in [0.1, 0.15) is 71.8 Å². The van der Waals surface area contributed by atoms with Crippen molar-refractivity contribution in [3.05, 3.63) is 101 Å². The average Bonchev–Trinajstić information content (AvgIpc) is 3.65. The highest BCUT2D eigenvalue weighted by atomic mass is 19.4. The highest BCUT2D eigenvalue weighted by Crippen LogP contribution is 2.39. The lowest BCUT2D eigenvalue weighted by Crippen LogP contribution is -2.34. The zero-order chi connectivity index (χ0) is 29.1. The Balaban J connectivity index is 1.17. The molecule has 1 aliphatic heterocycles. The maximum absolute atomic E-state index is 13.2. The number of benzene rings is 2. The van der Waals surface area contributed by atoms with Crippen molar-refractivity contribution in [3.63, 3.8) is 0 Å². The largest absolute Gasteiger partial charge is 0.416 e. The Morgan fingerprint density at radius 3 is 2.60 bits per heavy atom. The van der Waals surface area contributed by atoms with E-state index in [1.54, 1.807) is 16.9 Å². The molecule has 0 radical (unpaired) electrons. The number of halogens is 3. The summed E-state index contributed by atoms with van der Waals surface area (Å²) in [6, 6.07) is 18.5. The van der Waals surface area contributed by atoms with E-state index in [0.29, 0.717) is 29.2 Å². The van der Waals surface area contributed by atoms with Gasteiger partial charge in [0.2, 0.25) is 0 Å². The van der Waals surface area contributed by atoms with Gasteiger partial charge in [-0.25, -0.2) is 4.98 Å². The Morgan fingerprint density at radius 2 is 1.81 bits per heavy atom. The second-order valence-electron chi connectivity index (χ2n) is 11.2. The van der Waals surface area contributed by atoms with Gasteiger partial charge in [-0.2, -0.15) is 18.3 Å². The molecular weight excluding hydrogens is 541 g/mol. The maximum Gasteiger partial charge on any atom is 0.416 e. The Hall–Kier alpha value is -4.09. The summed E-state index contributed by atoms with van der Waals surface area (Å²) in [5, 5.41) is 8.30. The third-order valence-electron chi connectivity index (χ3n) is 8.33. The highest BCUT2D eigenvalue weighted by Gasteiger charge is 2.30. The van der Waals surface area contributed by atoms with Crippen LogP contribution in [0.5, 0.6) is 0 Å². The van der Waals surface area contributed by atoms with Gasteiger partial charge in [0.25, 0.3) is 0 Å². The summed E-state index contributed by atoms with van der Waals surface area (Å²) in [5.41, 5.74) is 19.3. The van der Waals surface area contributed by atoms with Gasteiger partial charge < -0.3 is 16.5 Å². The van der Waals surface area contributed by atoms with Gasteiger partial charge in [0.15, 0.2) is 5.82 Å². The van der Waals surface area contributed by atoms with Crippen LogP contribution in [0.15, 0.2) is 73.1 Å². The lowest BCUT2D eigenvalue weighted by Gasteiger charge is -2.30. The van der Waals surface area contributed by atoms with E-state index in [0.717, 1.165) is 48.7 Å². The van der Waals surface area contributed by atoms with Crippen molar-refractivity contribution in [2.75, 3.05) is 23.1 Å². The molecule has 42 heavy (non-hydrogen) atoms. The number of nitrogen functional groups attached to an aromatic ring is 1. The maximum atomic E-state index is 13.2. The van der Waals surface area contributed by atoms with Gasteiger partial charge in [0.1, 0.15) is 5.82 Å². The van der Waals surface area contributed by atoms with Crippen molar-refractivity contribution in [2.45, 2.75) is 62.7 Å². The molecule has 3 heterocycles. The molecule has 6 N–H and O–H groups in total. The molecule has 1 fully saturated rings. The van der Waals surface area contributed by atoms with Crippen molar-refractivity contribution in [1.82, 2.24) is 25.6 Å². The fraction of sp³-hybridized carbons (Fsp3) is 0.355. The zero-order valence-electron chi connectivity index (χ0n) is 23.2. The molecule has 2 aliphatic rings. The number of rotatable bonds is 9. The molecule has 8 nitrogen and oxygen atoms in total. The number of pyridine rings is 1. The molecule has 11 heteroatoms. The molecule has 0 amide bonds. The van der Waals surface area contributed by atoms with E-state index in [9.17, 15) is 13.2 Å². The number of nitrogens with two attached hydrogens (primary N) is 1. The van der Waals surface area contributed by atoms with Crippen molar-refractivity contribution >= 4 is 17.3 Å². The second-order valence-corrected chi connectivity index (χ2v) is 11.2. The Bertz CT molecular complexity index is 1500.